The molecule has 3 aromatic heterocycles. The Morgan fingerprint density at radius 3 is 2.49 bits per heavy atom. The molecule has 1 fully saturated rings. The van der Waals surface area contributed by atoms with Crippen LogP contribution in [0.1, 0.15) is 42.3 Å². The summed E-state index contributed by atoms with van der Waals surface area (Å²) >= 11 is 19.5. The third kappa shape index (κ3) is 5.40. The normalized spacial score (nSPS) is 19.0. The first-order valence-electron chi connectivity index (χ1n) is 14.0. The predicted molar refractivity (Wildman–Crippen MR) is 172 cm³/mol. The molecule has 1 saturated heterocycles. The highest BCUT2D eigenvalue weighted by Crippen LogP contribution is 2.45. The van der Waals surface area contributed by atoms with Gasteiger partial charge in [0.2, 0.25) is 5.91 Å². The molecule has 14 heteroatoms. The summed E-state index contributed by atoms with van der Waals surface area (Å²) in [5.41, 5.74) is 6.64. The summed E-state index contributed by atoms with van der Waals surface area (Å²) in [6.07, 6.45) is 0.579. The standard InChI is InChI=1S/C31H28Cl3F2N7O2/c1-5-19(44)41-8-10-42(11-9-41)29-16-12-18(32)27(20-21(33)23(35)24(36)25(38)22(20)34)40-30(16)43(31(45)17(29)13-37)28-15(4)6-7-39-26(28)14(2)3/h5-7,12,14,24-25H,1,8-11,38H2,2-4H3/t24?,25-/m0/s1. The maximum atomic E-state index is 14.9. The van der Waals surface area contributed by atoms with Gasteiger partial charge >= 0.3 is 0 Å². The van der Waals surface area contributed by atoms with E-state index in [2.05, 4.69) is 17.6 Å². The first kappa shape index (κ1) is 32.6. The van der Waals surface area contributed by atoms with Gasteiger partial charge in [0.15, 0.2) is 12.0 Å². The quantitative estimate of drug-likeness (QED) is 0.349. The number of aryl methyl sites for hydroxylation is 1. The molecule has 0 bridgehead atoms. The molecule has 1 aliphatic heterocycles. The van der Waals surface area contributed by atoms with Crippen LogP contribution in [0.3, 0.4) is 0 Å². The summed E-state index contributed by atoms with van der Waals surface area (Å²) in [5, 5.41) is 9.71. The number of allylic oxidation sites excluding steroid dienone is 2. The van der Waals surface area contributed by atoms with Crippen LogP contribution in [0.15, 0.2) is 51.7 Å². The lowest BCUT2D eigenvalue weighted by atomic mass is 9.96. The first-order valence-corrected chi connectivity index (χ1v) is 15.1. The Bertz CT molecular complexity index is 1920. The average Bonchev–Trinajstić information content (AvgIpc) is 3.02. The molecule has 234 valence electrons. The van der Waals surface area contributed by atoms with E-state index < -0.39 is 28.6 Å². The second kappa shape index (κ2) is 12.5. The number of nitrogens with two attached hydrogens (primary N) is 1. The molecule has 0 radical (unpaired) electrons. The Labute approximate surface area is 272 Å². The minimum Gasteiger partial charge on any atom is -0.366 e. The van der Waals surface area contributed by atoms with Crippen LogP contribution in [0.2, 0.25) is 5.02 Å². The number of hydrogen-bond acceptors (Lipinski definition) is 7. The molecule has 3 aromatic rings. The van der Waals surface area contributed by atoms with Crippen molar-refractivity contribution in [1.29, 1.82) is 5.26 Å². The van der Waals surface area contributed by atoms with Gasteiger partial charge in [-0.1, -0.05) is 55.2 Å². The molecule has 45 heavy (non-hydrogen) atoms. The van der Waals surface area contributed by atoms with Gasteiger partial charge in [-0.3, -0.25) is 19.1 Å². The minimum atomic E-state index is -2.27. The Morgan fingerprint density at radius 2 is 1.89 bits per heavy atom. The van der Waals surface area contributed by atoms with E-state index >= 15 is 0 Å². The number of carbonyl (C=O) groups is 1. The highest BCUT2D eigenvalue weighted by atomic mass is 35.5. The fourth-order valence-corrected chi connectivity index (χ4v) is 6.54. The summed E-state index contributed by atoms with van der Waals surface area (Å²) in [4.78, 5) is 39.3. The Hall–Kier alpha value is -3.82. The van der Waals surface area contributed by atoms with Crippen molar-refractivity contribution in [3.63, 3.8) is 0 Å². The van der Waals surface area contributed by atoms with Gasteiger partial charge in [-0.25, -0.2) is 13.8 Å². The number of aromatic nitrogens is 3. The molecule has 2 atom stereocenters. The first-order chi connectivity index (χ1) is 21.3. The molecule has 9 nitrogen and oxygen atoms in total. The number of hydrogen-bond donors (Lipinski definition) is 1. The fraction of sp³-hybridized carbons (Fsp3) is 0.323. The number of nitriles is 1. The molecule has 0 spiro atoms. The summed E-state index contributed by atoms with van der Waals surface area (Å²) in [6.45, 7) is 10.4. The molecule has 4 heterocycles. The zero-order valence-electron chi connectivity index (χ0n) is 24.5. The monoisotopic (exact) mass is 673 g/mol. The topological polar surface area (TPSA) is 121 Å². The van der Waals surface area contributed by atoms with Gasteiger partial charge in [-0.2, -0.15) is 5.26 Å². The summed E-state index contributed by atoms with van der Waals surface area (Å²) in [5.74, 6) is -1.70. The van der Waals surface area contributed by atoms with Crippen molar-refractivity contribution in [3.05, 3.63) is 84.8 Å². The Kier molecular flexibility index (Phi) is 9.06. The van der Waals surface area contributed by atoms with Crippen LogP contribution >= 0.6 is 34.8 Å². The van der Waals surface area contributed by atoms with E-state index in [0.717, 1.165) is 0 Å². The third-order valence-electron chi connectivity index (χ3n) is 7.95. The fourth-order valence-electron chi connectivity index (χ4n) is 5.66. The van der Waals surface area contributed by atoms with Crippen molar-refractivity contribution in [2.45, 2.75) is 38.9 Å². The summed E-state index contributed by atoms with van der Waals surface area (Å²) < 4.78 is 30.7. The second-order valence-electron chi connectivity index (χ2n) is 11.0. The van der Waals surface area contributed by atoms with Gasteiger partial charge in [0.05, 0.1) is 38.9 Å². The SMILES string of the molecule is C=CC(=O)N1CCN(c2c(C#N)c(=O)n(-c3c(C)ccnc3C(C)C)c3nc(C4=C(Cl)[C@H](N)C(F)C(F)=C4Cl)c(Cl)cc23)CC1. The molecule has 5 rings (SSSR count). The molecule has 0 saturated carbocycles. The molecule has 1 amide bonds. The third-order valence-corrected chi connectivity index (χ3v) is 9.05. The predicted octanol–water partition coefficient (Wildman–Crippen LogP) is 5.62. The Balaban J connectivity index is 1.90. The van der Waals surface area contributed by atoms with E-state index in [4.69, 9.17) is 45.5 Å². The number of anilines is 1. The van der Waals surface area contributed by atoms with Crippen molar-refractivity contribution in [1.82, 2.24) is 19.4 Å². The van der Waals surface area contributed by atoms with Crippen LogP contribution in [-0.4, -0.2) is 63.7 Å². The number of halogens is 5. The number of amides is 1. The van der Waals surface area contributed by atoms with Crippen LogP contribution in [0, 0.1) is 18.3 Å². The number of carbonyl (C=O) groups excluding carboxylic acids is 1. The molecule has 2 aliphatic rings. The van der Waals surface area contributed by atoms with E-state index in [1.54, 1.807) is 24.1 Å². The number of piperazine rings is 1. The minimum absolute atomic E-state index is 0.0498. The Morgan fingerprint density at radius 1 is 1.22 bits per heavy atom. The van der Waals surface area contributed by atoms with E-state index in [0.29, 0.717) is 48.5 Å². The lowest BCUT2D eigenvalue weighted by Gasteiger charge is -2.36. The van der Waals surface area contributed by atoms with Crippen molar-refractivity contribution >= 4 is 63.0 Å². The van der Waals surface area contributed by atoms with Crippen LogP contribution in [0.5, 0.6) is 0 Å². The zero-order chi connectivity index (χ0) is 32.9. The van der Waals surface area contributed by atoms with E-state index in [1.807, 2.05) is 18.7 Å². The largest absolute Gasteiger partial charge is 0.366 e. The van der Waals surface area contributed by atoms with Gasteiger partial charge in [-0.15, -0.1) is 0 Å². The number of pyridine rings is 3. The highest BCUT2D eigenvalue weighted by molar-refractivity contribution is 6.44. The number of rotatable bonds is 5. The van der Waals surface area contributed by atoms with Crippen molar-refractivity contribution < 1.29 is 13.6 Å². The van der Waals surface area contributed by atoms with Crippen LogP contribution < -0.4 is 16.2 Å². The number of nitrogens with zero attached hydrogens (tertiary/aromatic N) is 6. The lowest BCUT2D eigenvalue weighted by Crippen LogP contribution is -2.49. The molecule has 1 aliphatic carbocycles. The van der Waals surface area contributed by atoms with Crippen LogP contribution in [0.4, 0.5) is 14.5 Å². The van der Waals surface area contributed by atoms with Crippen molar-refractivity contribution in [2.75, 3.05) is 31.1 Å². The van der Waals surface area contributed by atoms with E-state index in [9.17, 15) is 23.6 Å². The van der Waals surface area contributed by atoms with Crippen molar-refractivity contribution in [2.24, 2.45) is 5.73 Å². The summed E-state index contributed by atoms with van der Waals surface area (Å²) in [6, 6.07) is 3.71. The zero-order valence-corrected chi connectivity index (χ0v) is 26.8. The smallest absolute Gasteiger partial charge is 0.276 e. The van der Waals surface area contributed by atoms with Crippen LogP contribution in [-0.2, 0) is 4.79 Å². The van der Waals surface area contributed by atoms with Gasteiger partial charge in [0, 0.05) is 48.4 Å². The molecular weight excluding hydrogens is 647 g/mol. The summed E-state index contributed by atoms with van der Waals surface area (Å²) in [7, 11) is 0. The van der Waals surface area contributed by atoms with Gasteiger partial charge < -0.3 is 15.5 Å². The van der Waals surface area contributed by atoms with Crippen molar-refractivity contribution in [3.8, 4) is 11.8 Å². The van der Waals surface area contributed by atoms with E-state index in [-0.39, 0.29) is 50.0 Å². The highest BCUT2D eigenvalue weighted by Gasteiger charge is 2.38. The van der Waals surface area contributed by atoms with Crippen LogP contribution in [0.25, 0.3) is 22.3 Å². The average molecular weight is 675 g/mol. The lowest BCUT2D eigenvalue weighted by molar-refractivity contribution is -0.126. The molecule has 1 unspecified atom stereocenters. The number of alkyl halides is 1. The molecule has 2 N–H and O–H groups in total. The molecule has 0 aromatic carbocycles. The van der Waals surface area contributed by atoms with Gasteiger partial charge in [-0.05, 0) is 36.6 Å². The maximum absolute atomic E-state index is 14.9. The van der Waals surface area contributed by atoms with Gasteiger partial charge in [0.25, 0.3) is 5.56 Å². The molecular formula is C31H28Cl3F2N7O2. The van der Waals surface area contributed by atoms with E-state index in [1.165, 1.54) is 16.7 Å². The van der Waals surface area contributed by atoms with Gasteiger partial charge in [0.1, 0.15) is 17.3 Å². The second-order valence-corrected chi connectivity index (χ2v) is 12.2. The number of fused-ring (bicyclic) bond motifs is 1. The maximum Gasteiger partial charge on any atom is 0.276 e.